The summed E-state index contributed by atoms with van der Waals surface area (Å²) in [5.41, 5.74) is 1.50. The lowest BCUT2D eigenvalue weighted by molar-refractivity contribution is -0.123. The average molecular weight is 424 g/mol. The van der Waals surface area contributed by atoms with Crippen LogP contribution < -0.4 is 15.2 Å². The molecule has 2 aromatic carbocycles. The minimum atomic E-state index is -3.75. The normalized spacial score (nSPS) is 12.6. The second kappa shape index (κ2) is 9.82. The van der Waals surface area contributed by atoms with Crippen LogP contribution in [0.2, 0.25) is 0 Å². The Balaban J connectivity index is 1.96. The first-order chi connectivity index (χ1) is 13.6. The molecular weight excluding hydrogens is 397 g/mol. The molecule has 0 fully saturated rings. The highest BCUT2D eigenvalue weighted by atomic mass is 32.2. The number of hydrogen-bond donors (Lipinski definition) is 2. The fourth-order valence-corrected chi connectivity index (χ4v) is 3.38. The van der Waals surface area contributed by atoms with E-state index in [0.29, 0.717) is 13.1 Å². The maximum Gasteiger partial charge on any atom is 0.238 e. The Kier molecular flexibility index (Phi) is 7.72. The van der Waals surface area contributed by atoms with Crippen LogP contribution in [-0.2, 0) is 21.4 Å². The number of carbonyl (C=O) groups excluding carboxylic acids is 1. The number of methoxy groups -OCH3 is 1. The highest BCUT2D eigenvalue weighted by molar-refractivity contribution is 7.89. The molecule has 3 N–H and O–H groups in total. The number of amides is 1. The van der Waals surface area contributed by atoms with Crippen molar-refractivity contribution in [1.29, 1.82) is 0 Å². The Bertz CT molecular complexity index is 949. The van der Waals surface area contributed by atoms with Crippen molar-refractivity contribution in [3.05, 3.63) is 59.4 Å². The van der Waals surface area contributed by atoms with Crippen LogP contribution >= 0.6 is 0 Å². The first-order valence-corrected chi connectivity index (χ1v) is 10.7. The van der Waals surface area contributed by atoms with Crippen molar-refractivity contribution < 1.29 is 22.3 Å². The Labute approximate surface area is 170 Å². The third kappa shape index (κ3) is 6.52. The van der Waals surface area contributed by atoms with Crippen molar-refractivity contribution in [3.8, 4) is 5.75 Å². The molecule has 0 spiro atoms. The van der Waals surface area contributed by atoms with Gasteiger partial charge in [-0.3, -0.25) is 9.69 Å². The SMILES string of the molecule is CCN(CC(=O)N[C@H](C)c1ccc(S(N)(=O)=O)cc1)Cc1ccc(OC)c(F)c1. The molecule has 0 unspecified atom stereocenters. The van der Waals surface area contributed by atoms with Gasteiger partial charge in [-0.05, 0) is 48.9 Å². The summed E-state index contributed by atoms with van der Waals surface area (Å²) < 4.78 is 41.4. The molecule has 9 heteroatoms. The molecule has 0 heterocycles. The summed E-state index contributed by atoms with van der Waals surface area (Å²) in [7, 11) is -2.35. The van der Waals surface area contributed by atoms with Gasteiger partial charge in [-0.15, -0.1) is 0 Å². The molecule has 0 aliphatic heterocycles. The zero-order chi connectivity index (χ0) is 21.6. The van der Waals surface area contributed by atoms with E-state index in [1.807, 2.05) is 11.8 Å². The summed E-state index contributed by atoms with van der Waals surface area (Å²) in [6, 6.07) is 10.5. The number of hydrogen-bond acceptors (Lipinski definition) is 5. The molecule has 7 nitrogen and oxygen atoms in total. The van der Waals surface area contributed by atoms with Crippen LogP contribution in [0.25, 0.3) is 0 Å². The van der Waals surface area contributed by atoms with Gasteiger partial charge in [0.25, 0.3) is 0 Å². The van der Waals surface area contributed by atoms with Crippen molar-refractivity contribution in [1.82, 2.24) is 10.2 Å². The smallest absolute Gasteiger partial charge is 0.238 e. The van der Waals surface area contributed by atoms with Gasteiger partial charge in [0.1, 0.15) is 0 Å². The number of nitrogens with two attached hydrogens (primary N) is 1. The van der Waals surface area contributed by atoms with Crippen molar-refractivity contribution in [2.75, 3.05) is 20.2 Å². The van der Waals surface area contributed by atoms with Gasteiger partial charge in [0.05, 0.1) is 24.6 Å². The highest BCUT2D eigenvalue weighted by Crippen LogP contribution is 2.19. The quantitative estimate of drug-likeness (QED) is 0.644. The molecular formula is C20H26FN3O4S. The monoisotopic (exact) mass is 423 g/mol. The van der Waals surface area contributed by atoms with Crippen molar-refractivity contribution in [3.63, 3.8) is 0 Å². The predicted octanol–water partition coefficient (Wildman–Crippen LogP) is 2.18. The van der Waals surface area contributed by atoms with E-state index in [1.165, 1.54) is 25.3 Å². The van der Waals surface area contributed by atoms with Gasteiger partial charge in [-0.25, -0.2) is 17.9 Å². The van der Waals surface area contributed by atoms with Gasteiger partial charge in [0, 0.05) is 6.54 Å². The van der Waals surface area contributed by atoms with E-state index in [4.69, 9.17) is 9.88 Å². The van der Waals surface area contributed by atoms with Gasteiger partial charge < -0.3 is 10.1 Å². The van der Waals surface area contributed by atoms with Crippen molar-refractivity contribution in [2.45, 2.75) is 31.3 Å². The van der Waals surface area contributed by atoms with E-state index in [9.17, 15) is 17.6 Å². The van der Waals surface area contributed by atoms with E-state index in [0.717, 1.165) is 11.1 Å². The van der Waals surface area contributed by atoms with Crippen LogP contribution in [0.4, 0.5) is 4.39 Å². The Morgan fingerprint density at radius 2 is 1.90 bits per heavy atom. The van der Waals surface area contributed by atoms with Crippen LogP contribution in [-0.4, -0.2) is 39.4 Å². The molecule has 158 valence electrons. The summed E-state index contributed by atoms with van der Waals surface area (Å²) in [5.74, 6) is -0.456. The maximum absolute atomic E-state index is 13.9. The summed E-state index contributed by atoms with van der Waals surface area (Å²) in [5, 5.41) is 7.97. The van der Waals surface area contributed by atoms with Gasteiger partial charge in [-0.1, -0.05) is 25.1 Å². The molecule has 0 saturated carbocycles. The summed E-state index contributed by atoms with van der Waals surface area (Å²) in [6.07, 6.45) is 0. The minimum Gasteiger partial charge on any atom is -0.494 e. The zero-order valence-corrected chi connectivity index (χ0v) is 17.5. The highest BCUT2D eigenvalue weighted by Gasteiger charge is 2.15. The molecule has 0 aliphatic carbocycles. The molecule has 0 aromatic heterocycles. The average Bonchev–Trinajstić information content (AvgIpc) is 2.67. The van der Waals surface area contributed by atoms with E-state index in [2.05, 4.69) is 5.32 Å². The molecule has 2 rings (SSSR count). The third-order valence-corrected chi connectivity index (χ3v) is 5.45. The molecule has 0 radical (unpaired) electrons. The number of rotatable bonds is 9. The Hall–Kier alpha value is -2.49. The van der Waals surface area contributed by atoms with Crippen LogP contribution in [0.5, 0.6) is 5.75 Å². The van der Waals surface area contributed by atoms with Crippen LogP contribution in [0, 0.1) is 5.82 Å². The number of ether oxygens (including phenoxy) is 1. The summed E-state index contributed by atoms with van der Waals surface area (Å²) in [6.45, 7) is 4.89. The van der Waals surface area contributed by atoms with Gasteiger partial charge in [-0.2, -0.15) is 0 Å². The standard InChI is InChI=1S/C20H26FN3O4S/c1-4-24(12-15-5-10-19(28-3)18(21)11-15)13-20(25)23-14(2)16-6-8-17(9-7-16)29(22,26)27/h5-11,14H,4,12-13H2,1-3H3,(H,23,25)(H2,22,26,27)/t14-/m1/s1. The second-order valence-electron chi connectivity index (χ2n) is 6.68. The maximum atomic E-state index is 13.9. The van der Waals surface area contributed by atoms with Crippen molar-refractivity contribution in [2.24, 2.45) is 5.14 Å². The van der Waals surface area contributed by atoms with E-state index in [1.54, 1.807) is 31.2 Å². The van der Waals surface area contributed by atoms with Crippen LogP contribution in [0.1, 0.15) is 31.0 Å². The number of sulfonamides is 1. The topological polar surface area (TPSA) is 102 Å². The first kappa shape index (κ1) is 22.8. The molecule has 29 heavy (non-hydrogen) atoms. The largest absolute Gasteiger partial charge is 0.494 e. The fraction of sp³-hybridized carbons (Fsp3) is 0.350. The van der Waals surface area contributed by atoms with Crippen molar-refractivity contribution >= 4 is 15.9 Å². The van der Waals surface area contributed by atoms with Gasteiger partial charge >= 0.3 is 0 Å². The first-order valence-electron chi connectivity index (χ1n) is 9.11. The molecule has 0 bridgehead atoms. The molecule has 1 amide bonds. The summed E-state index contributed by atoms with van der Waals surface area (Å²) in [4.78, 5) is 14.3. The Morgan fingerprint density at radius 1 is 1.24 bits per heavy atom. The number of primary sulfonamides is 1. The Morgan fingerprint density at radius 3 is 2.41 bits per heavy atom. The van der Waals surface area contributed by atoms with Gasteiger partial charge in [0.15, 0.2) is 11.6 Å². The summed E-state index contributed by atoms with van der Waals surface area (Å²) >= 11 is 0. The van der Waals surface area contributed by atoms with E-state index < -0.39 is 15.8 Å². The van der Waals surface area contributed by atoms with E-state index in [-0.39, 0.29) is 29.1 Å². The number of likely N-dealkylation sites (N-methyl/N-ethyl adjacent to an activating group) is 1. The van der Waals surface area contributed by atoms with Crippen LogP contribution in [0.3, 0.4) is 0 Å². The predicted molar refractivity (Wildman–Crippen MR) is 108 cm³/mol. The van der Waals surface area contributed by atoms with E-state index >= 15 is 0 Å². The zero-order valence-electron chi connectivity index (χ0n) is 16.7. The second-order valence-corrected chi connectivity index (χ2v) is 8.24. The van der Waals surface area contributed by atoms with Crippen LogP contribution in [0.15, 0.2) is 47.4 Å². The number of nitrogens with one attached hydrogen (secondary N) is 1. The number of nitrogens with zero attached hydrogens (tertiary/aromatic N) is 1. The third-order valence-electron chi connectivity index (χ3n) is 4.52. The molecule has 2 aromatic rings. The number of halogens is 1. The lowest BCUT2D eigenvalue weighted by Crippen LogP contribution is -2.38. The fourth-order valence-electron chi connectivity index (χ4n) is 2.87. The van der Waals surface area contributed by atoms with Gasteiger partial charge in [0.2, 0.25) is 15.9 Å². The lowest BCUT2D eigenvalue weighted by atomic mass is 10.1. The molecule has 0 aliphatic rings. The lowest BCUT2D eigenvalue weighted by Gasteiger charge is -2.22. The number of benzene rings is 2. The number of carbonyl (C=O) groups is 1. The molecule has 1 atom stereocenters. The molecule has 0 saturated heterocycles. The minimum absolute atomic E-state index is 0.0173.